The average Bonchev–Trinajstić information content (AvgIpc) is 3.49. The lowest BCUT2D eigenvalue weighted by Gasteiger charge is -2.18. The maximum Gasteiger partial charge on any atom is 0.307 e. The second-order valence-corrected chi connectivity index (χ2v) is 9.75. The lowest BCUT2D eigenvalue weighted by Crippen LogP contribution is -2.27. The normalized spacial score (nSPS) is 13.6. The molecule has 0 heterocycles. The molecule has 4 rings (SSSR count). The van der Waals surface area contributed by atoms with Crippen molar-refractivity contribution < 1.29 is 23.8 Å². The molecule has 1 fully saturated rings. The number of esters is 1. The van der Waals surface area contributed by atoms with Gasteiger partial charge in [0.05, 0.1) is 39.2 Å². The van der Waals surface area contributed by atoms with Gasteiger partial charge in [-0.15, -0.1) is 0 Å². The number of anilines is 1. The first-order valence-electron chi connectivity index (χ1n) is 13.6. The van der Waals surface area contributed by atoms with Crippen LogP contribution < -0.4 is 20.1 Å². The SMILES string of the molecule is COC(=O)C[C@H](C#Cc1ccc(NC(=O)CNCc2ccccc2)cc1)c1ccc(OC)c(OC2CCCC2)c1. The van der Waals surface area contributed by atoms with E-state index in [2.05, 4.69) is 22.5 Å². The third kappa shape index (κ3) is 8.62. The Labute approximate surface area is 236 Å². The van der Waals surface area contributed by atoms with Crippen LogP contribution in [-0.4, -0.2) is 38.7 Å². The van der Waals surface area contributed by atoms with Gasteiger partial charge in [0.15, 0.2) is 11.5 Å². The molecule has 0 spiro atoms. The Balaban J connectivity index is 1.41. The first-order valence-corrected chi connectivity index (χ1v) is 13.6. The Kier molecular flexibility index (Phi) is 10.6. The average molecular weight is 541 g/mol. The van der Waals surface area contributed by atoms with Gasteiger partial charge in [-0.3, -0.25) is 9.59 Å². The van der Waals surface area contributed by atoms with E-state index < -0.39 is 0 Å². The van der Waals surface area contributed by atoms with Crippen molar-refractivity contribution in [1.29, 1.82) is 0 Å². The van der Waals surface area contributed by atoms with Gasteiger partial charge in [-0.05, 0) is 73.2 Å². The standard InChI is InChI=1S/C33H36N2O5/c1-38-30-19-16-26(20-31(30)40-29-10-6-7-11-29)27(21-33(37)39-2)15-12-24-13-17-28(18-14-24)35-32(36)23-34-22-25-8-4-3-5-9-25/h3-5,8-9,13-14,16-20,27,29,34H,6-7,10-11,21-23H2,1-2H3,(H,35,36)/t27-/m0/s1. The molecule has 0 saturated heterocycles. The smallest absolute Gasteiger partial charge is 0.307 e. The third-order valence-corrected chi connectivity index (χ3v) is 6.80. The molecule has 0 radical (unpaired) electrons. The van der Waals surface area contributed by atoms with Crippen LogP contribution in [0.4, 0.5) is 5.69 Å². The van der Waals surface area contributed by atoms with E-state index in [0.717, 1.165) is 42.4 Å². The Hall–Kier alpha value is -4.28. The zero-order chi connectivity index (χ0) is 28.2. The first-order chi connectivity index (χ1) is 19.5. The minimum atomic E-state index is -0.389. The number of rotatable bonds is 11. The molecule has 1 amide bonds. The van der Waals surface area contributed by atoms with E-state index in [-0.39, 0.29) is 36.9 Å². The van der Waals surface area contributed by atoms with E-state index in [1.54, 1.807) is 7.11 Å². The molecule has 1 atom stereocenters. The highest BCUT2D eigenvalue weighted by molar-refractivity contribution is 5.92. The molecular formula is C33H36N2O5. The molecule has 7 nitrogen and oxygen atoms in total. The summed E-state index contributed by atoms with van der Waals surface area (Å²) in [5.74, 6) is 6.88. The van der Waals surface area contributed by atoms with Crippen LogP contribution in [0.5, 0.6) is 11.5 Å². The van der Waals surface area contributed by atoms with Crippen LogP contribution >= 0.6 is 0 Å². The van der Waals surface area contributed by atoms with Gasteiger partial charge in [0.1, 0.15) is 0 Å². The number of carbonyl (C=O) groups is 2. The van der Waals surface area contributed by atoms with Crippen LogP contribution in [0.25, 0.3) is 0 Å². The summed E-state index contributed by atoms with van der Waals surface area (Å²) in [5.41, 5.74) is 3.44. The summed E-state index contributed by atoms with van der Waals surface area (Å²) in [4.78, 5) is 24.5. The van der Waals surface area contributed by atoms with Gasteiger partial charge in [0.25, 0.3) is 0 Å². The van der Waals surface area contributed by atoms with E-state index in [1.165, 1.54) is 7.11 Å². The Morgan fingerprint density at radius 3 is 2.40 bits per heavy atom. The fourth-order valence-corrected chi connectivity index (χ4v) is 4.62. The number of amides is 1. The summed E-state index contributed by atoms with van der Waals surface area (Å²) in [5, 5.41) is 6.03. The Morgan fingerprint density at radius 1 is 0.950 bits per heavy atom. The Morgan fingerprint density at radius 2 is 1.70 bits per heavy atom. The van der Waals surface area contributed by atoms with E-state index in [0.29, 0.717) is 23.7 Å². The minimum Gasteiger partial charge on any atom is -0.493 e. The highest BCUT2D eigenvalue weighted by Gasteiger charge is 2.21. The lowest BCUT2D eigenvalue weighted by atomic mass is 9.95. The van der Waals surface area contributed by atoms with Crippen molar-refractivity contribution >= 4 is 17.6 Å². The summed E-state index contributed by atoms with van der Waals surface area (Å²) in [6, 6.07) is 22.9. The maximum atomic E-state index is 12.3. The molecule has 2 N–H and O–H groups in total. The summed E-state index contributed by atoms with van der Waals surface area (Å²) in [7, 11) is 3.00. The van der Waals surface area contributed by atoms with Gasteiger partial charge >= 0.3 is 5.97 Å². The summed E-state index contributed by atoms with van der Waals surface area (Å²) < 4.78 is 16.7. The number of hydrogen-bond donors (Lipinski definition) is 2. The van der Waals surface area contributed by atoms with Crippen molar-refractivity contribution in [2.45, 2.75) is 50.7 Å². The second kappa shape index (κ2) is 14.8. The fourth-order valence-electron chi connectivity index (χ4n) is 4.62. The number of hydrogen-bond acceptors (Lipinski definition) is 6. The van der Waals surface area contributed by atoms with E-state index >= 15 is 0 Å². The molecule has 7 heteroatoms. The van der Waals surface area contributed by atoms with Crippen LogP contribution in [0.2, 0.25) is 0 Å². The monoisotopic (exact) mass is 540 g/mol. The van der Waals surface area contributed by atoms with Crippen LogP contribution in [0, 0.1) is 11.8 Å². The highest BCUT2D eigenvalue weighted by Crippen LogP contribution is 2.35. The number of benzene rings is 3. The van der Waals surface area contributed by atoms with Gasteiger partial charge in [-0.1, -0.05) is 48.2 Å². The number of ether oxygens (including phenoxy) is 3. The summed E-state index contributed by atoms with van der Waals surface area (Å²) >= 11 is 0. The minimum absolute atomic E-state index is 0.114. The molecule has 0 unspecified atom stereocenters. The van der Waals surface area contributed by atoms with Crippen molar-refractivity contribution in [1.82, 2.24) is 5.32 Å². The van der Waals surface area contributed by atoms with Gasteiger partial charge in [0, 0.05) is 17.8 Å². The van der Waals surface area contributed by atoms with Crippen molar-refractivity contribution in [2.75, 3.05) is 26.1 Å². The third-order valence-electron chi connectivity index (χ3n) is 6.80. The van der Waals surface area contributed by atoms with Crippen molar-refractivity contribution in [3.8, 4) is 23.3 Å². The summed E-state index contributed by atoms with van der Waals surface area (Å²) in [6.45, 7) is 0.831. The molecule has 3 aromatic rings. The molecule has 1 aliphatic rings. The predicted octanol–water partition coefficient (Wildman–Crippen LogP) is 5.44. The van der Waals surface area contributed by atoms with Crippen LogP contribution in [0.3, 0.4) is 0 Å². The lowest BCUT2D eigenvalue weighted by molar-refractivity contribution is -0.140. The van der Waals surface area contributed by atoms with Crippen molar-refractivity contribution in [3.05, 3.63) is 89.5 Å². The van der Waals surface area contributed by atoms with Gasteiger partial charge in [-0.2, -0.15) is 0 Å². The van der Waals surface area contributed by atoms with E-state index in [4.69, 9.17) is 14.2 Å². The molecule has 3 aromatic carbocycles. The fraction of sp³-hybridized carbons (Fsp3) is 0.333. The zero-order valence-corrected chi connectivity index (χ0v) is 23.1. The van der Waals surface area contributed by atoms with Gasteiger partial charge in [-0.25, -0.2) is 0 Å². The molecule has 208 valence electrons. The quantitative estimate of drug-likeness (QED) is 0.249. The Bertz CT molecular complexity index is 1320. The first kappa shape index (κ1) is 28.7. The van der Waals surface area contributed by atoms with Gasteiger partial charge < -0.3 is 24.8 Å². The molecule has 0 bridgehead atoms. The maximum absolute atomic E-state index is 12.3. The van der Waals surface area contributed by atoms with Crippen LogP contribution in [0.1, 0.15) is 54.7 Å². The zero-order valence-electron chi connectivity index (χ0n) is 23.1. The molecule has 1 aliphatic carbocycles. The molecular weight excluding hydrogens is 504 g/mol. The predicted molar refractivity (Wildman–Crippen MR) is 155 cm³/mol. The van der Waals surface area contributed by atoms with Gasteiger partial charge in [0.2, 0.25) is 5.91 Å². The van der Waals surface area contributed by atoms with Crippen LogP contribution in [0.15, 0.2) is 72.8 Å². The largest absolute Gasteiger partial charge is 0.493 e. The van der Waals surface area contributed by atoms with E-state index in [1.807, 2.05) is 72.8 Å². The molecule has 0 aromatic heterocycles. The number of methoxy groups -OCH3 is 2. The highest BCUT2D eigenvalue weighted by atomic mass is 16.5. The van der Waals surface area contributed by atoms with Crippen molar-refractivity contribution in [2.24, 2.45) is 0 Å². The number of nitrogens with one attached hydrogen (secondary N) is 2. The number of carbonyl (C=O) groups excluding carboxylic acids is 2. The summed E-state index contributed by atoms with van der Waals surface area (Å²) in [6.07, 6.45) is 4.67. The van der Waals surface area contributed by atoms with E-state index in [9.17, 15) is 9.59 Å². The molecule has 0 aliphatic heterocycles. The van der Waals surface area contributed by atoms with Crippen molar-refractivity contribution in [3.63, 3.8) is 0 Å². The topological polar surface area (TPSA) is 85.9 Å². The van der Waals surface area contributed by atoms with Crippen LogP contribution in [-0.2, 0) is 20.9 Å². The molecule has 1 saturated carbocycles. The second-order valence-electron chi connectivity index (χ2n) is 9.75. The molecule has 40 heavy (non-hydrogen) atoms.